The number of allylic oxidation sites excluding steroid dienone is 2. The summed E-state index contributed by atoms with van der Waals surface area (Å²) < 4.78 is 0. The number of fused-ring (bicyclic) bond motifs is 1. The first-order valence-electron chi connectivity index (χ1n) is 3.47. The fourth-order valence-corrected chi connectivity index (χ4v) is 1.36. The minimum Gasteiger partial charge on any atom is -0.294 e. The van der Waals surface area contributed by atoms with Gasteiger partial charge in [0.2, 0.25) is 0 Å². The molecule has 0 aromatic rings. The molecule has 0 aromatic carbocycles. The predicted molar refractivity (Wildman–Crippen MR) is 47.5 cm³/mol. The van der Waals surface area contributed by atoms with E-state index in [1.807, 2.05) is 0 Å². The van der Waals surface area contributed by atoms with Gasteiger partial charge in [-0.3, -0.25) is 9.79 Å². The molecule has 2 aliphatic heterocycles. The molecule has 2 aliphatic rings. The minimum atomic E-state index is -0.319. The maximum atomic E-state index is 11.2. The molecule has 2 heterocycles. The van der Waals surface area contributed by atoms with E-state index in [0.29, 0.717) is 10.9 Å². The molecule has 3 nitrogen and oxygen atoms in total. The number of ketones is 1. The Balaban J connectivity index is 2.47. The number of hydrogen-bond donors (Lipinski definition) is 0. The molecule has 0 spiro atoms. The van der Waals surface area contributed by atoms with Crippen LogP contribution in [0.25, 0.3) is 0 Å². The predicted octanol–water partition coefficient (Wildman–Crippen LogP) is 1.30. The monoisotopic (exact) mass is 180 g/mol. The fraction of sp³-hybridized carbons (Fsp3) is 0.125. The normalized spacial score (nSPS) is 26.4. The Hall–Kier alpha value is -1.22. The fourth-order valence-electron chi connectivity index (χ4n) is 1.14. The molecule has 60 valence electrons. The highest BCUT2D eigenvalue weighted by atomic mass is 35.5. The first-order valence-corrected chi connectivity index (χ1v) is 3.85. The van der Waals surface area contributed by atoms with Crippen molar-refractivity contribution in [2.24, 2.45) is 15.9 Å². The van der Waals surface area contributed by atoms with Crippen molar-refractivity contribution in [1.29, 1.82) is 0 Å². The van der Waals surface area contributed by atoms with Gasteiger partial charge >= 0.3 is 0 Å². The highest BCUT2D eigenvalue weighted by Gasteiger charge is 2.26. The smallest absolute Gasteiger partial charge is 0.170 e. The number of hydrogen-bond acceptors (Lipinski definition) is 3. The third-order valence-electron chi connectivity index (χ3n) is 1.73. The second-order valence-electron chi connectivity index (χ2n) is 2.47. The summed E-state index contributed by atoms with van der Waals surface area (Å²) in [4.78, 5) is 19.1. The zero-order chi connectivity index (χ0) is 8.55. The van der Waals surface area contributed by atoms with Gasteiger partial charge in [-0.25, -0.2) is 4.99 Å². The Kier molecular flexibility index (Phi) is 1.66. The van der Waals surface area contributed by atoms with Crippen LogP contribution in [-0.4, -0.2) is 16.7 Å². The summed E-state index contributed by atoms with van der Waals surface area (Å²) in [6, 6.07) is 0. The molecule has 0 N–H and O–H groups in total. The van der Waals surface area contributed by atoms with Crippen molar-refractivity contribution in [1.82, 2.24) is 0 Å². The molecule has 0 amide bonds. The summed E-state index contributed by atoms with van der Waals surface area (Å²) in [5, 5.41) is 0.306. The molecular formula is C8H5ClN2O. The lowest BCUT2D eigenvalue weighted by atomic mass is 9.95. The van der Waals surface area contributed by atoms with Gasteiger partial charge in [-0.2, -0.15) is 0 Å². The van der Waals surface area contributed by atoms with Crippen LogP contribution >= 0.6 is 11.6 Å². The van der Waals surface area contributed by atoms with Crippen molar-refractivity contribution < 1.29 is 4.79 Å². The molecule has 0 bridgehead atoms. The van der Waals surface area contributed by atoms with Crippen molar-refractivity contribution >= 4 is 28.3 Å². The van der Waals surface area contributed by atoms with E-state index in [-0.39, 0.29) is 11.7 Å². The lowest BCUT2D eigenvalue weighted by Gasteiger charge is -2.16. The Bertz CT molecular complexity index is 352. The third kappa shape index (κ3) is 1.02. The Labute approximate surface area is 74.2 Å². The Morgan fingerprint density at radius 3 is 2.92 bits per heavy atom. The van der Waals surface area contributed by atoms with E-state index in [1.165, 1.54) is 18.5 Å². The zero-order valence-corrected chi connectivity index (χ0v) is 6.82. The lowest BCUT2D eigenvalue weighted by molar-refractivity contribution is -0.115. The molecule has 0 radical (unpaired) electrons. The van der Waals surface area contributed by atoms with Crippen LogP contribution in [0.2, 0.25) is 0 Å². The van der Waals surface area contributed by atoms with Crippen LogP contribution in [0.3, 0.4) is 0 Å². The quantitative estimate of drug-likeness (QED) is 0.554. The molecule has 0 fully saturated rings. The second-order valence-corrected chi connectivity index (χ2v) is 2.83. The van der Waals surface area contributed by atoms with Crippen LogP contribution < -0.4 is 0 Å². The number of halogens is 1. The van der Waals surface area contributed by atoms with Gasteiger partial charge in [-0.05, 0) is 6.08 Å². The highest BCUT2D eigenvalue weighted by molar-refractivity contribution is 6.85. The minimum absolute atomic E-state index is 0.00398. The molecule has 0 aliphatic carbocycles. The molecule has 0 saturated carbocycles. The van der Waals surface area contributed by atoms with E-state index in [9.17, 15) is 4.79 Å². The van der Waals surface area contributed by atoms with E-state index >= 15 is 0 Å². The van der Waals surface area contributed by atoms with Crippen LogP contribution in [0.15, 0.2) is 34.5 Å². The van der Waals surface area contributed by atoms with Crippen LogP contribution in [0.1, 0.15) is 0 Å². The standard InChI is InChI=1S/C8H5ClN2O/c9-8-7-5(1-3-11-8)6(12)2-4-10-7/h1-5H. The summed E-state index contributed by atoms with van der Waals surface area (Å²) in [6.45, 7) is 0. The van der Waals surface area contributed by atoms with Crippen LogP contribution in [0.5, 0.6) is 0 Å². The van der Waals surface area contributed by atoms with E-state index in [0.717, 1.165) is 0 Å². The van der Waals surface area contributed by atoms with E-state index in [1.54, 1.807) is 6.08 Å². The van der Waals surface area contributed by atoms with Crippen LogP contribution in [0, 0.1) is 5.92 Å². The number of carbonyl (C=O) groups is 1. The van der Waals surface area contributed by atoms with Gasteiger partial charge in [0, 0.05) is 18.5 Å². The molecule has 1 atom stereocenters. The van der Waals surface area contributed by atoms with Crippen LogP contribution in [-0.2, 0) is 4.79 Å². The average molecular weight is 181 g/mol. The maximum absolute atomic E-state index is 11.2. The summed E-state index contributed by atoms with van der Waals surface area (Å²) in [5.74, 6) is -0.315. The summed E-state index contributed by atoms with van der Waals surface area (Å²) in [7, 11) is 0. The molecule has 0 aromatic heterocycles. The van der Waals surface area contributed by atoms with Crippen molar-refractivity contribution in [2.45, 2.75) is 0 Å². The molecule has 0 saturated heterocycles. The first-order chi connectivity index (χ1) is 5.79. The van der Waals surface area contributed by atoms with Crippen molar-refractivity contribution in [2.75, 3.05) is 0 Å². The zero-order valence-electron chi connectivity index (χ0n) is 6.07. The summed E-state index contributed by atoms with van der Waals surface area (Å²) in [6.07, 6.45) is 6.11. The molecule has 2 rings (SSSR count). The largest absolute Gasteiger partial charge is 0.294 e. The number of rotatable bonds is 0. The number of aliphatic imine (C=N–C) groups is 2. The van der Waals surface area contributed by atoms with Gasteiger partial charge in [0.25, 0.3) is 0 Å². The molecule has 12 heavy (non-hydrogen) atoms. The average Bonchev–Trinajstić information content (AvgIpc) is 2.07. The second kappa shape index (κ2) is 2.68. The third-order valence-corrected chi connectivity index (χ3v) is 2.02. The van der Waals surface area contributed by atoms with Gasteiger partial charge in [0.1, 0.15) is 0 Å². The maximum Gasteiger partial charge on any atom is 0.170 e. The number of nitrogens with zero attached hydrogens (tertiary/aromatic N) is 2. The summed E-state index contributed by atoms with van der Waals surface area (Å²) in [5.41, 5.74) is 0.548. The van der Waals surface area contributed by atoms with Gasteiger partial charge in [0.05, 0.1) is 11.6 Å². The first kappa shape index (κ1) is 7.43. The van der Waals surface area contributed by atoms with E-state index < -0.39 is 0 Å². The van der Waals surface area contributed by atoms with E-state index in [2.05, 4.69) is 9.98 Å². The van der Waals surface area contributed by atoms with Crippen LogP contribution in [0.4, 0.5) is 0 Å². The van der Waals surface area contributed by atoms with Gasteiger partial charge < -0.3 is 0 Å². The Morgan fingerprint density at radius 2 is 2.17 bits per heavy atom. The van der Waals surface area contributed by atoms with Gasteiger partial charge in [-0.1, -0.05) is 11.6 Å². The van der Waals surface area contributed by atoms with E-state index in [4.69, 9.17) is 11.6 Å². The highest BCUT2D eigenvalue weighted by Crippen LogP contribution is 2.17. The topological polar surface area (TPSA) is 41.8 Å². The van der Waals surface area contributed by atoms with Crippen molar-refractivity contribution in [3.8, 4) is 0 Å². The molecule has 4 heteroatoms. The summed E-state index contributed by atoms with van der Waals surface area (Å²) >= 11 is 5.74. The lowest BCUT2D eigenvalue weighted by Crippen LogP contribution is -2.29. The molecular weight excluding hydrogens is 176 g/mol. The number of carbonyl (C=O) groups excluding carboxylic acids is 1. The van der Waals surface area contributed by atoms with Crippen molar-refractivity contribution in [3.05, 3.63) is 24.6 Å². The Morgan fingerprint density at radius 1 is 1.33 bits per heavy atom. The molecule has 1 unspecified atom stereocenters. The van der Waals surface area contributed by atoms with Gasteiger partial charge in [0.15, 0.2) is 11.0 Å². The SMILES string of the molecule is O=C1C=CN=C2C(Cl)=NC=CC12. The van der Waals surface area contributed by atoms with Crippen molar-refractivity contribution in [3.63, 3.8) is 0 Å². The van der Waals surface area contributed by atoms with Gasteiger partial charge in [-0.15, -0.1) is 0 Å².